The molecule has 2 N–H and O–H groups in total. The van der Waals surface area contributed by atoms with E-state index in [1.165, 1.54) is 0 Å². The second-order valence-corrected chi connectivity index (χ2v) is 8.78. The smallest absolute Gasteiger partial charge is 0.430 e. The summed E-state index contributed by atoms with van der Waals surface area (Å²) in [7, 11) is 0. The molecule has 5 rings (SSSR count). The van der Waals surface area contributed by atoms with Crippen molar-refractivity contribution >= 4 is 12.3 Å². The van der Waals surface area contributed by atoms with Gasteiger partial charge in [-0.25, -0.2) is 9.59 Å². The lowest BCUT2D eigenvalue weighted by Gasteiger charge is -2.28. The number of carbonyl (C=O) groups is 2. The van der Waals surface area contributed by atoms with Crippen LogP contribution in [0, 0.1) is 17.3 Å². The van der Waals surface area contributed by atoms with Gasteiger partial charge in [0.1, 0.15) is 19.3 Å². The highest BCUT2D eigenvalue weighted by Gasteiger charge is 2.81. The van der Waals surface area contributed by atoms with Crippen LogP contribution in [0.5, 0.6) is 0 Å². The molecule has 0 aliphatic heterocycles. The lowest BCUT2D eigenvalue weighted by molar-refractivity contribution is -0.0619. The number of carbonyl (C=O) groups excluding carboxylic acids is 2. The van der Waals surface area contributed by atoms with Gasteiger partial charge in [0.05, 0.1) is 5.92 Å². The predicted octanol–water partition coefficient (Wildman–Crippen LogP) is 4.15. The Kier molecular flexibility index (Phi) is 4.85. The number of fused-ring (bicyclic) bond motifs is 2. The fourth-order valence-electron chi connectivity index (χ4n) is 5.06. The van der Waals surface area contributed by atoms with Crippen LogP contribution in [0.15, 0.2) is 60.7 Å². The molecule has 31 heavy (non-hydrogen) atoms. The van der Waals surface area contributed by atoms with Gasteiger partial charge in [-0.05, 0) is 29.4 Å². The van der Waals surface area contributed by atoms with Crippen molar-refractivity contribution in [3.8, 4) is 0 Å². The third-order valence-corrected chi connectivity index (χ3v) is 6.65. The van der Waals surface area contributed by atoms with Gasteiger partial charge in [-0.2, -0.15) is 0 Å². The van der Waals surface area contributed by atoms with Crippen molar-refractivity contribution in [2.24, 2.45) is 23.0 Å². The Hall–Kier alpha value is -3.06. The maximum atomic E-state index is 12.3. The quantitative estimate of drug-likeness (QED) is 0.551. The first-order valence-electron chi connectivity index (χ1n) is 10.6. The van der Waals surface area contributed by atoms with Crippen LogP contribution in [0.3, 0.4) is 0 Å². The molecule has 3 saturated carbocycles. The molecule has 0 aromatic heterocycles. The van der Waals surface area contributed by atoms with Crippen LogP contribution in [0.4, 0.5) is 9.59 Å². The Morgan fingerprint density at radius 1 is 0.839 bits per heavy atom. The molecular weight excluding hydrogens is 398 g/mol. The summed E-state index contributed by atoms with van der Waals surface area (Å²) in [6.45, 7) is 0.254. The molecule has 1 spiro atoms. The highest BCUT2D eigenvalue weighted by molar-refractivity contribution is 5.62. The van der Waals surface area contributed by atoms with Gasteiger partial charge in [0, 0.05) is 12.3 Å². The van der Waals surface area contributed by atoms with E-state index in [-0.39, 0.29) is 30.5 Å². The van der Waals surface area contributed by atoms with Gasteiger partial charge in [-0.1, -0.05) is 60.7 Å². The summed E-state index contributed by atoms with van der Waals surface area (Å²) in [5.41, 5.74) is 7.04. The van der Waals surface area contributed by atoms with Crippen LogP contribution < -0.4 is 5.73 Å². The molecule has 0 heterocycles. The molecule has 0 amide bonds. The molecule has 4 atom stereocenters. The van der Waals surface area contributed by atoms with Crippen molar-refractivity contribution < 1.29 is 28.5 Å². The molecule has 3 fully saturated rings. The minimum Gasteiger partial charge on any atom is -0.430 e. The maximum absolute atomic E-state index is 12.3. The molecule has 2 aromatic rings. The fraction of sp³-hybridized carbons (Fsp3) is 0.417. The molecule has 7 heteroatoms. The van der Waals surface area contributed by atoms with Gasteiger partial charge in [0.15, 0.2) is 5.72 Å². The van der Waals surface area contributed by atoms with E-state index in [0.29, 0.717) is 6.42 Å². The number of rotatable bonds is 6. The minimum atomic E-state index is -1.20. The van der Waals surface area contributed by atoms with Gasteiger partial charge >= 0.3 is 12.3 Å². The first kappa shape index (κ1) is 19.9. The zero-order chi connectivity index (χ0) is 21.5. The average molecular weight is 423 g/mol. The molecule has 7 nitrogen and oxygen atoms in total. The highest BCUT2D eigenvalue weighted by atomic mass is 16.7. The summed E-state index contributed by atoms with van der Waals surface area (Å²) in [5, 5.41) is 0. The van der Waals surface area contributed by atoms with E-state index >= 15 is 0 Å². The third kappa shape index (κ3) is 3.97. The van der Waals surface area contributed by atoms with E-state index in [0.717, 1.165) is 24.0 Å². The average Bonchev–Trinajstić information content (AvgIpc) is 3.66. The van der Waals surface area contributed by atoms with Gasteiger partial charge in [-0.3, -0.25) is 5.73 Å². The Morgan fingerprint density at radius 2 is 1.39 bits per heavy atom. The van der Waals surface area contributed by atoms with Crippen LogP contribution in [0.2, 0.25) is 0 Å². The van der Waals surface area contributed by atoms with Crippen LogP contribution >= 0.6 is 0 Å². The molecule has 0 unspecified atom stereocenters. The maximum Gasteiger partial charge on any atom is 0.510 e. The topological polar surface area (TPSA) is 97.1 Å². The molecule has 0 saturated heterocycles. The number of benzene rings is 2. The third-order valence-electron chi connectivity index (χ3n) is 6.65. The van der Waals surface area contributed by atoms with E-state index in [1.807, 2.05) is 60.7 Å². The minimum absolute atomic E-state index is 0.0104. The van der Waals surface area contributed by atoms with Gasteiger partial charge in [0.2, 0.25) is 0 Å². The molecule has 2 aromatic carbocycles. The van der Waals surface area contributed by atoms with Crippen molar-refractivity contribution in [1.82, 2.24) is 0 Å². The monoisotopic (exact) mass is 423 g/mol. The van der Waals surface area contributed by atoms with E-state index in [4.69, 9.17) is 24.7 Å². The zero-order valence-electron chi connectivity index (χ0n) is 17.1. The van der Waals surface area contributed by atoms with Gasteiger partial charge in [-0.15, -0.1) is 0 Å². The highest BCUT2D eigenvalue weighted by Crippen LogP contribution is 2.76. The normalized spacial score (nSPS) is 29.0. The van der Waals surface area contributed by atoms with Crippen LogP contribution in [0.1, 0.15) is 30.4 Å². The molecule has 0 bridgehead atoms. The van der Waals surface area contributed by atoms with Crippen molar-refractivity contribution in [1.29, 1.82) is 0 Å². The van der Waals surface area contributed by atoms with Gasteiger partial charge < -0.3 is 18.9 Å². The molecule has 162 valence electrons. The number of nitrogens with two attached hydrogens (primary N) is 1. The SMILES string of the molecule is N[C@]1(OC(=O)OCc2ccccc2)CC2(CC2)[C@@H]2[C@H](OC(=O)OCc3ccccc3)[C@H]21. The summed E-state index contributed by atoms with van der Waals surface area (Å²) in [6.07, 6.45) is 0.622. The number of ether oxygens (including phenoxy) is 4. The Morgan fingerprint density at radius 3 is 1.94 bits per heavy atom. The summed E-state index contributed by atoms with van der Waals surface area (Å²) < 4.78 is 21.6. The summed E-state index contributed by atoms with van der Waals surface area (Å²) in [4.78, 5) is 24.5. The van der Waals surface area contributed by atoms with E-state index in [9.17, 15) is 9.59 Å². The lowest BCUT2D eigenvalue weighted by Crippen LogP contribution is -2.47. The first-order chi connectivity index (χ1) is 15.0. The standard InChI is InChI=1S/C24H25NO6/c25-24(31-22(27)29-14-17-9-5-2-6-10-17)15-23(11-12-23)18-19(24)20(18)30-21(26)28-13-16-7-3-1-4-8-16/h1-10,18-20H,11-15,25H2/t18-,19-,20-,24-/m0/s1. The zero-order valence-corrected chi connectivity index (χ0v) is 17.1. The Labute approximate surface area is 180 Å². The molecule has 3 aliphatic rings. The largest absolute Gasteiger partial charge is 0.510 e. The first-order valence-corrected chi connectivity index (χ1v) is 10.6. The van der Waals surface area contributed by atoms with Crippen molar-refractivity contribution in [2.45, 2.75) is 44.3 Å². The van der Waals surface area contributed by atoms with Crippen LogP contribution in [-0.2, 0) is 32.2 Å². The van der Waals surface area contributed by atoms with E-state index in [2.05, 4.69) is 0 Å². The van der Waals surface area contributed by atoms with Gasteiger partial charge in [0.25, 0.3) is 0 Å². The summed E-state index contributed by atoms with van der Waals surface area (Å²) in [6, 6.07) is 18.8. The summed E-state index contributed by atoms with van der Waals surface area (Å²) >= 11 is 0. The van der Waals surface area contributed by atoms with Crippen molar-refractivity contribution in [3.05, 3.63) is 71.8 Å². The predicted molar refractivity (Wildman–Crippen MR) is 109 cm³/mol. The fourth-order valence-corrected chi connectivity index (χ4v) is 5.06. The summed E-state index contributed by atoms with van der Waals surface area (Å²) in [5.74, 6) is -0.132. The second-order valence-electron chi connectivity index (χ2n) is 8.78. The van der Waals surface area contributed by atoms with Crippen LogP contribution in [0.25, 0.3) is 0 Å². The second kappa shape index (κ2) is 7.57. The van der Waals surface area contributed by atoms with E-state index < -0.39 is 24.1 Å². The number of hydrogen-bond donors (Lipinski definition) is 1. The van der Waals surface area contributed by atoms with Crippen molar-refractivity contribution in [2.75, 3.05) is 0 Å². The lowest BCUT2D eigenvalue weighted by atomic mass is 9.96. The van der Waals surface area contributed by atoms with E-state index in [1.54, 1.807) is 0 Å². The Balaban J connectivity index is 1.16. The van der Waals surface area contributed by atoms with Crippen LogP contribution in [-0.4, -0.2) is 24.1 Å². The molecule has 0 radical (unpaired) electrons. The molecule has 3 aliphatic carbocycles. The Bertz CT molecular complexity index is 961. The van der Waals surface area contributed by atoms with Crippen molar-refractivity contribution in [3.63, 3.8) is 0 Å². The number of hydrogen-bond acceptors (Lipinski definition) is 7. The molecular formula is C24H25NO6.